The van der Waals surface area contributed by atoms with Crippen LogP contribution in [0.15, 0.2) is 18.5 Å². The van der Waals surface area contributed by atoms with E-state index in [1.807, 2.05) is 0 Å². The lowest BCUT2D eigenvalue weighted by Crippen LogP contribution is -2.10. The van der Waals surface area contributed by atoms with E-state index in [4.69, 9.17) is 9.47 Å². The van der Waals surface area contributed by atoms with Crippen LogP contribution in [0, 0.1) is 0 Å². The minimum Gasteiger partial charge on any atom is -0.491 e. The van der Waals surface area contributed by atoms with Crippen molar-refractivity contribution in [2.24, 2.45) is 0 Å². The number of aromatic nitrogens is 1. The summed E-state index contributed by atoms with van der Waals surface area (Å²) < 4.78 is 10.9. The average Bonchev–Trinajstić information content (AvgIpc) is 2.48. The fraction of sp³-hybridized carbons (Fsp3) is 0.625. The van der Waals surface area contributed by atoms with Gasteiger partial charge in [-0.2, -0.15) is 0 Å². The molecular formula is C16H25NO3. The summed E-state index contributed by atoms with van der Waals surface area (Å²) in [6.45, 7) is 5.33. The second kappa shape index (κ2) is 10.2. The summed E-state index contributed by atoms with van der Waals surface area (Å²) in [6.07, 6.45) is 9.49. The molecule has 0 fully saturated rings. The molecule has 0 radical (unpaired) electrons. The Kier molecular flexibility index (Phi) is 8.43. The number of ether oxygens (including phenoxy) is 2. The van der Waals surface area contributed by atoms with Crippen LogP contribution in [0.5, 0.6) is 5.75 Å². The highest BCUT2D eigenvalue weighted by molar-refractivity contribution is 5.92. The van der Waals surface area contributed by atoms with Crippen LogP contribution in [0.4, 0.5) is 0 Å². The highest BCUT2D eigenvalue weighted by atomic mass is 16.5. The molecule has 1 aromatic rings. The number of hydrogen-bond donors (Lipinski definition) is 0. The largest absolute Gasteiger partial charge is 0.491 e. The lowest BCUT2D eigenvalue weighted by atomic mass is 10.2. The molecule has 1 heterocycles. The van der Waals surface area contributed by atoms with Crippen molar-refractivity contribution >= 4 is 5.97 Å². The topological polar surface area (TPSA) is 48.4 Å². The molecule has 0 amide bonds. The molecule has 20 heavy (non-hydrogen) atoms. The molecule has 0 spiro atoms. The minimum absolute atomic E-state index is 0.325. The molecule has 0 bridgehead atoms. The Morgan fingerprint density at radius 3 is 2.50 bits per heavy atom. The molecule has 0 aromatic carbocycles. The van der Waals surface area contributed by atoms with E-state index in [9.17, 15) is 4.79 Å². The molecule has 0 aliphatic rings. The fourth-order valence-corrected chi connectivity index (χ4v) is 1.79. The third-order valence-electron chi connectivity index (χ3n) is 2.99. The first-order valence-electron chi connectivity index (χ1n) is 7.53. The van der Waals surface area contributed by atoms with Gasteiger partial charge in [-0.15, -0.1) is 0 Å². The van der Waals surface area contributed by atoms with Crippen molar-refractivity contribution in [3.05, 3.63) is 24.0 Å². The molecule has 4 nitrogen and oxygen atoms in total. The Hall–Kier alpha value is -1.58. The first kappa shape index (κ1) is 16.5. The van der Waals surface area contributed by atoms with Crippen LogP contribution in [0.25, 0.3) is 0 Å². The summed E-state index contributed by atoms with van der Waals surface area (Å²) in [5.41, 5.74) is 0.466. The van der Waals surface area contributed by atoms with Gasteiger partial charge >= 0.3 is 5.97 Å². The van der Waals surface area contributed by atoms with Crippen molar-refractivity contribution in [3.8, 4) is 5.75 Å². The van der Waals surface area contributed by atoms with E-state index in [0.29, 0.717) is 24.5 Å². The SMILES string of the molecule is CCCCCOC(=O)c1ccncc1OCCCCC. The second-order valence-corrected chi connectivity index (χ2v) is 4.77. The average molecular weight is 279 g/mol. The summed E-state index contributed by atoms with van der Waals surface area (Å²) in [4.78, 5) is 16.0. The zero-order valence-corrected chi connectivity index (χ0v) is 12.6. The number of hydrogen-bond acceptors (Lipinski definition) is 4. The van der Waals surface area contributed by atoms with Crippen molar-refractivity contribution in [1.29, 1.82) is 0 Å². The molecule has 0 saturated heterocycles. The van der Waals surface area contributed by atoms with Crippen LogP contribution in [0.2, 0.25) is 0 Å². The van der Waals surface area contributed by atoms with E-state index in [1.165, 1.54) is 0 Å². The summed E-state index contributed by atoms with van der Waals surface area (Å²) >= 11 is 0. The second-order valence-electron chi connectivity index (χ2n) is 4.77. The van der Waals surface area contributed by atoms with E-state index in [-0.39, 0.29) is 5.97 Å². The van der Waals surface area contributed by atoms with Gasteiger partial charge in [0.15, 0.2) is 5.75 Å². The van der Waals surface area contributed by atoms with E-state index < -0.39 is 0 Å². The summed E-state index contributed by atoms with van der Waals surface area (Å²) in [7, 11) is 0. The van der Waals surface area contributed by atoms with Crippen molar-refractivity contribution < 1.29 is 14.3 Å². The maximum atomic E-state index is 12.0. The smallest absolute Gasteiger partial charge is 0.342 e. The monoisotopic (exact) mass is 279 g/mol. The Morgan fingerprint density at radius 1 is 1.10 bits per heavy atom. The summed E-state index contributed by atoms with van der Waals surface area (Å²) in [5, 5.41) is 0. The van der Waals surface area contributed by atoms with Gasteiger partial charge in [0.1, 0.15) is 5.56 Å². The van der Waals surface area contributed by atoms with Crippen LogP contribution < -0.4 is 4.74 Å². The zero-order valence-electron chi connectivity index (χ0n) is 12.6. The van der Waals surface area contributed by atoms with Crippen LogP contribution in [0.1, 0.15) is 62.7 Å². The van der Waals surface area contributed by atoms with Crippen LogP contribution >= 0.6 is 0 Å². The molecule has 0 N–H and O–H groups in total. The van der Waals surface area contributed by atoms with Crippen molar-refractivity contribution in [2.45, 2.75) is 52.4 Å². The molecule has 1 rings (SSSR count). The molecule has 4 heteroatoms. The Morgan fingerprint density at radius 2 is 1.80 bits per heavy atom. The molecule has 1 aromatic heterocycles. The van der Waals surface area contributed by atoms with E-state index >= 15 is 0 Å². The van der Waals surface area contributed by atoms with Gasteiger partial charge in [0, 0.05) is 6.20 Å². The predicted octanol–water partition coefficient (Wildman–Crippen LogP) is 4.00. The van der Waals surface area contributed by atoms with Gasteiger partial charge in [-0.1, -0.05) is 39.5 Å². The van der Waals surface area contributed by atoms with Gasteiger partial charge in [0.2, 0.25) is 0 Å². The maximum Gasteiger partial charge on any atom is 0.342 e. The van der Waals surface area contributed by atoms with Gasteiger partial charge < -0.3 is 9.47 Å². The Balaban J connectivity index is 2.48. The van der Waals surface area contributed by atoms with Crippen LogP contribution in [-0.2, 0) is 4.74 Å². The third kappa shape index (κ3) is 6.04. The highest BCUT2D eigenvalue weighted by Crippen LogP contribution is 2.18. The van der Waals surface area contributed by atoms with E-state index in [2.05, 4.69) is 18.8 Å². The summed E-state index contributed by atoms with van der Waals surface area (Å²) in [6, 6.07) is 1.65. The predicted molar refractivity (Wildman–Crippen MR) is 79.1 cm³/mol. The fourth-order valence-electron chi connectivity index (χ4n) is 1.79. The number of nitrogens with zero attached hydrogens (tertiary/aromatic N) is 1. The van der Waals surface area contributed by atoms with Gasteiger partial charge in [-0.3, -0.25) is 4.98 Å². The van der Waals surface area contributed by atoms with Crippen LogP contribution in [-0.4, -0.2) is 24.2 Å². The zero-order chi connectivity index (χ0) is 14.6. The molecule has 0 aliphatic carbocycles. The Labute approximate surface area is 121 Å². The first-order chi connectivity index (χ1) is 9.79. The van der Waals surface area contributed by atoms with Gasteiger partial charge in [-0.25, -0.2) is 4.79 Å². The molecule has 112 valence electrons. The van der Waals surface area contributed by atoms with E-state index in [1.54, 1.807) is 18.5 Å². The van der Waals surface area contributed by atoms with Crippen molar-refractivity contribution in [1.82, 2.24) is 4.98 Å². The van der Waals surface area contributed by atoms with E-state index in [0.717, 1.165) is 38.5 Å². The van der Waals surface area contributed by atoms with Gasteiger partial charge in [-0.05, 0) is 18.9 Å². The Bertz CT molecular complexity index is 393. The number of carbonyl (C=O) groups excluding carboxylic acids is 1. The highest BCUT2D eigenvalue weighted by Gasteiger charge is 2.13. The molecule has 0 unspecified atom stereocenters. The standard InChI is InChI=1S/C16H25NO3/c1-3-5-7-11-19-15-13-17-10-9-14(15)16(18)20-12-8-6-4-2/h9-10,13H,3-8,11-12H2,1-2H3. The molecular weight excluding hydrogens is 254 g/mol. The van der Waals surface area contributed by atoms with Crippen molar-refractivity contribution in [2.75, 3.05) is 13.2 Å². The van der Waals surface area contributed by atoms with Gasteiger partial charge in [0.05, 0.1) is 19.4 Å². The lowest BCUT2D eigenvalue weighted by Gasteiger charge is -2.10. The molecule has 0 aliphatic heterocycles. The number of rotatable bonds is 10. The molecule has 0 atom stereocenters. The van der Waals surface area contributed by atoms with Crippen LogP contribution in [0.3, 0.4) is 0 Å². The van der Waals surface area contributed by atoms with Crippen molar-refractivity contribution in [3.63, 3.8) is 0 Å². The number of pyridine rings is 1. The number of esters is 1. The number of carbonyl (C=O) groups is 1. The first-order valence-corrected chi connectivity index (χ1v) is 7.53. The lowest BCUT2D eigenvalue weighted by molar-refractivity contribution is 0.0493. The number of unbranched alkanes of at least 4 members (excludes halogenated alkanes) is 4. The van der Waals surface area contributed by atoms with Gasteiger partial charge in [0.25, 0.3) is 0 Å². The third-order valence-corrected chi connectivity index (χ3v) is 2.99. The normalized spacial score (nSPS) is 10.3. The molecule has 0 saturated carbocycles. The minimum atomic E-state index is -0.325. The summed E-state index contributed by atoms with van der Waals surface area (Å²) in [5.74, 6) is 0.193. The quantitative estimate of drug-likeness (QED) is 0.480. The maximum absolute atomic E-state index is 12.0.